The second kappa shape index (κ2) is 8.43. The second-order valence-electron chi connectivity index (χ2n) is 7.12. The van der Waals surface area contributed by atoms with E-state index in [9.17, 15) is 8.78 Å². The molecule has 0 fully saturated rings. The van der Waals surface area contributed by atoms with Crippen molar-refractivity contribution in [2.45, 2.75) is 46.5 Å². The predicted molar refractivity (Wildman–Crippen MR) is 106 cm³/mol. The summed E-state index contributed by atoms with van der Waals surface area (Å²) in [5.74, 6) is -0.320. The van der Waals surface area contributed by atoms with Gasteiger partial charge >= 0.3 is 0 Å². The lowest BCUT2D eigenvalue weighted by Gasteiger charge is -2.14. The van der Waals surface area contributed by atoms with Gasteiger partial charge in [0.2, 0.25) is 0 Å². The van der Waals surface area contributed by atoms with Gasteiger partial charge in [-0.1, -0.05) is 37.6 Å². The monoisotopic (exact) mass is 365 g/mol. The minimum absolute atomic E-state index is 0.0834. The fourth-order valence-corrected chi connectivity index (χ4v) is 3.52. The van der Waals surface area contributed by atoms with Crippen LogP contribution in [-0.4, -0.2) is 4.98 Å². The molecule has 0 unspecified atom stereocenters. The van der Waals surface area contributed by atoms with E-state index in [1.165, 1.54) is 12.1 Å². The topological polar surface area (TPSA) is 12.9 Å². The third-order valence-corrected chi connectivity index (χ3v) is 4.97. The largest absolute Gasteiger partial charge is 0.257 e. The smallest absolute Gasteiger partial charge is 0.129 e. The van der Waals surface area contributed by atoms with Crippen LogP contribution >= 0.6 is 0 Å². The van der Waals surface area contributed by atoms with Crippen LogP contribution in [0.2, 0.25) is 0 Å². The van der Waals surface area contributed by atoms with Crippen molar-refractivity contribution >= 4 is 0 Å². The SMILES string of the molecule is CCCc1cc(C)c(Cc2cccc(Cc3ccc(F)cc3)n2)c(C)c1F. The number of nitrogens with zero attached hydrogens (tertiary/aromatic N) is 1. The molecule has 140 valence electrons. The van der Waals surface area contributed by atoms with E-state index in [0.717, 1.165) is 52.0 Å². The molecule has 1 aromatic heterocycles. The Balaban J connectivity index is 1.84. The molecular formula is C24H25F2N. The van der Waals surface area contributed by atoms with Gasteiger partial charge in [0, 0.05) is 24.2 Å². The average molecular weight is 365 g/mol. The van der Waals surface area contributed by atoms with E-state index in [2.05, 4.69) is 6.92 Å². The van der Waals surface area contributed by atoms with E-state index in [1.54, 1.807) is 12.1 Å². The summed E-state index contributed by atoms with van der Waals surface area (Å²) in [6.45, 7) is 5.97. The summed E-state index contributed by atoms with van der Waals surface area (Å²) in [6.07, 6.45) is 2.95. The van der Waals surface area contributed by atoms with Gasteiger partial charge in [-0.15, -0.1) is 0 Å². The van der Waals surface area contributed by atoms with E-state index >= 15 is 0 Å². The molecule has 0 atom stereocenters. The number of hydrogen-bond acceptors (Lipinski definition) is 1. The lowest BCUT2D eigenvalue weighted by molar-refractivity contribution is 0.595. The molecule has 0 aliphatic carbocycles. The highest BCUT2D eigenvalue weighted by Crippen LogP contribution is 2.24. The molecule has 0 radical (unpaired) electrons. The molecule has 0 bridgehead atoms. The van der Waals surface area contributed by atoms with Crippen LogP contribution in [0.3, 0.4) is 0 Å². The highest BCUT2D eigenvalue weighted by molar-refractivity contribution is 5.41. The lowest BCUT2D eigenvalue weighted by atomic mass is 9.93. The lowest BCUT2D eigenvalue weighted by Crippen LogP contribution is -2.05. The number of pyridine rings is 1. The Morgan fingerprint density at radius 1 is 0.889 bits per heavy atom. The van der Waals surface area contributed by atoms with Gasteiger partial charge in [-0.25, -0.2) is 8.78 Å². The van der Waals surface area contributed by atoms with Crippen LogP contribution in [-0.2, 0) is 19.3 Å². The van der Waals surface area contributed by atoms with Crippen LogP contribution in [0, 0.1) is 25.5 Å². The molecule has 3 aromatic rings. The highest BCUT2D eigenvalue weighted by Gasteiger charge is 2.14. The number of benzene rings is 2. The maximum Gasteiger partial charge on any atom is 0.129 e. The Kier molecular flexibility index (Phi) is 6.00. The molecule has 0 saturated heterocycles. The van der Waals surface area contributed by atoms with Crippen LogP contribution in [0.25, 0.3) is 0 Å². The summed E-state index contributed by atoms with van der Waals surface area (Å²) in [5, 5.41) is 0. The third kappa shape index (κ3) is 4.60. The average Bonchev–Trinajstić information content (AvgIpc) is 2.65. The maximum atomic E-state index is 14.7. The van der Waals surface area contributed by atoms with Crippen LogP contribution in [0.4, 0.5) is 8.78 Å². The van der Waals surface area contributed by atoms with Crippen LogP contribution in [0.15, 0.2) is 48.5 Å². The normalized spacial score (nSPS) is 11.0. The van der Waals surface area contributed by atoms with Crippen LogP contribution in [0.1, 0.15) is 52.5 Å². The van der Waals surface area contributed by atoms with Gasteiger partial charge in [0.05, 0.1) is 0 Å². The molecule has 0 aliphatic rings. The summed E-state index contributed by atoms with van der Waals surface area (Å²) in [7, 11) is 0. The summed E-state index contributed by atoms with van der Waals surface area (Å²) in [4.78, 5) is 4.74. The van der Waals surface area contributed by atoms with Crippen molar-refractivity contribution in [3.63, 3.8) is 0 Å². The van der Waals surface area contributed by atoms with Crippen molar-refractivity contribution < 1.29 is 8.78 Å². The van der Waals surface area contributed by atoms with E-state index in [1.807, 2.05) is 38.1 Å². The zero-order valence-electron chi connectivity index (χ0n) is 16.2. The van der Waals surface area contributed by atoms with E-state index < -0.39 is 0 Å². The van der Waals surface area contributed by atoms with Crippen molar-refractivity contribution in [2.75, 3.05) is 0 Å². The summed E-state index contributed by atoms with van der Waals surface area (Å²) in [5.41, 5.74) is 6.52. The van der Waals surface area contributed by atoms with Gasteiger partial charge in [0.15, 0.2) is 0 Å². The zero-order valence-corrected chi connectivity index (χ0v) is 16.2. The quantitative estimate of drug-likeness (QED) is 0.513. The molecular weight excluding hydrogens is 340 g/mol. The number of hydrogen-bond donors (Lipinski definition) is 0. The van der Waals surface area contributed by atoms with E-state index in [4.69, 9.17) is 4.98 Å². The fraction of sp³-hybridized carbons (Fsp3) is 0.292. The summed E-state index contributed by atoms with van der Waals surface area (Å²) < 4.78 is 27.8. The summed E-state index contributed by atoms with van der Waals surface area (Å²) >= 11 is 0. The minimum Gasteiger partial charge on any atom is -0.257 e. The van der Waals surface area contributed by atoms with Gasteiger partial charge in [-0.3, -0.25) is 4.98 Å². The first-order valence-corrected chi connectivity index (χ1v) is 9.44. The molecule has 3 rings (SSSR count). The fourth-order valence-electron chi connectivity index (χ4n) is 3.52. The van der Waals surface area contributed by atoms with Crippen molar-refractivity contribution in [3.05, 3.63) is 99.4 Å². The van der Waals surface area contributed by atoms with Crippen molar-refractivity contribution in [3.8, 4) is 0 Å². The molecule has 1 nitrogen and oxygen atoms in total. The van der Waals surface area contributed by atoms with Crippen molar-refractivity contribution in [1.82, 2.24) is 4.98 Å². The predicted octanol–water partition coefficient (Wildman–Crippen LogP) is 6.11. The Labute approximate surface area is 160 Å². The summed E-state index contributed by atoms with van der Waals surface area (Å²) in [6, 6.07) is 14.4. The first-order valence-electron chi connectivity index (χ1n) is 9.44. The van der Waals surface area contributed by atoms with Crippen molar-refractivity contribution in [1.29, 1.82) is 0 Å². The van der Waals surface area contributed by atoms with Gasteiger partial charge in [-0.05, 0) is 72.4 Å². The molecule has 0 spiro atoms. The number of aryl methyl sites for hydroxylation is 2. The molecule has 3 heteroatoms. The Bertz CT molecular complexity index is 930. The zero-order chi connectivity index (χ0) is 19.4. The number of aromatic nitrogens is 1. The molecule has 0 aliphatic heterocycles. The highest BCUT2D eigenvalue weighted by atomic mass is 19.1. The second-order valence-corrected chi connectivity index (χ2v) is 7.12. The number of rotatable bonds is 6. The maximum absolute atomic E-state index is 14.7. The molecule has 0 N–H and O–H groups in total. The molecule has 2 aromatic carbocycles. The Morgan fingerprint density at radius 3 is 2.22 bits per heavy atom. The minimum atomic E-state index is -0.236. The first kappa shape index (κ1) is 19.2. The number of halogens is 2. The molecule has 27 heavy (non-hydrogen) atoms. The first-order chi connectivity index (χ1) is 13.0. The van der Waals surface area contributed by atoms with Gasteiger partial charge < -0.3 is 0 Å². The standard InChI is InChI=1S/C24H25F2N/c1-4-6-19-13-16(2)23(17(3)24(19)26)15-22-8-5-7-21(27-22)14-18-9-11-20(25)12-10-18/h5,7-13H,4,6,14-15H2,1-3H3. The van der Waals surface area contributed by atoms with Crippen LogP contribution in [0.5, 0.6) is 0 Å². The molecule has 0 saturated carbocycles. The Morgan fingerprint density at radius 2 is 1.56 bits per heavy atom. The molecule has 0 amide bonds. The van der Waals surface area contributed by atoms with Crippen molar-refractivity contribution in [2.24, 2.45) is 0 Å². The van der Waals surface area contributed by atoms with Gasteiger partial charge in [-0.2, -0.15) is 0 Å². The Hall–Kier alpha value is -2.55. The van der Waals surface area contributed by atoms with Gasteiger partial charge in [0.1, 0.15) is 11.6 Å². The van der Waals surface area contributed by atoms with E-state index in [0.29, 0.717) is 12.8 Å². The third-order valence-electron chi connectivity index (χ3n) is 4.97. The molecule has 1 heterocycles. The van der Waals surface area contributed by atoms with Gasteiger partial charge in [0.25, 0.3) is 0 Å². The van der Waals surface area contributed by atoms with E-state index in [-0.39, 0.29) is 11.6 Å². The van der Waals surface area contributed by atoms with Crippen LogP contribution < -0.4 is 0 Å².